The van der Waals surface area contributed by atoms with Crippen LogP contribution in [0.25, 0.3) is 0 Å². The summed E-state index contributed by atoms with van der Waals surface area (Å²) in [7, 11) is 6.00. The highest BCUT2D eigenvalue weighted by Crippen LogP contribution is 2.34. The predicted molar refractivity (Wildman–Crippen MR) is 59.9 cm³/mol. The smallest absolute Gasteiger partial charge is 0.220 e. The minimum Gasteiger partial charge on any atom is -0.496 e. The second-order valence-corrected chi connectivity index (χ2v) is 2.94. The van der Waals surface area contributed by atoms with E-state index in [1.54, 1.807) is 19.2 Å². The van der Waals surface area contributed by atoms with Gasteiger partial charge < -0.3 is 18.9 Å². The Bertz CT molecular complexity index is 365. The van der Waals surface area contributed by atoms with Gasteiger partial charge in [0.2, 0.25) is 5.90 Å². The van der Waals surface area contributed by atoms with Crippen LogP contribution in [-0.4, -0.2) is 34.3 Å². The third kappa shape index (κ3) is 2.18. The summed E-state index contributed by atoms with van der Waals surface area (Å²) in [6.45, 7) is 0. The van der Waals surface area contributed by atoms with Gasteiger partial charge in [-0.25, -0.2) is 0 Å². The molecule has 1 aromatic rings. The van der Waals surface area contributed by atoms with Crippen LogP contribution in [0.2, 0.25) is 0 Å². The van der Waals surface area contributed by atoms with E-state index in [9.17, 15) is 0 Å². The van der Waals surface area contributed by atoms with Crippen LogP contribution in [0.3, 0.4) is 0 Å². The quantitative estimate of drug-likeness (QED) is 0.625. The van der Waals surface area contributed by atoms with Crippen molar-refractivity contribution in [3.05, 3.63) is 17.7 Å². The number of ether oxygens (including phenoxy) is 4. The van der Waals surface area contributed by atoms with Gasteiger partial charge in [-0.05, 0) is 0 Å². The third-order valence-corrected chi connectivity index (χ3v) is 2.15. The minimum absolute atomic E-state index is 0.0173. The minimum atomic E-state index is -0.0173. The average molecular weight is 225 g/mol. The van der Waals surface area contributed by atoms with Gasteiger partial charge in [-0.1, -0.05) is 0 Å². The Morgan fingerprint density at radius 3 is 1.75 bits per heavy atom. The van der Waals surface area contributed by atoms with Gasteiger partial charge in [0.1, 0.15) is 22.8 Å². The molecule has 88 valence electrons. The van der Waals surface area contributed by atoms with Crippen LogP contribution in [-0.2, 0) is 4.74 Å². The van der Waals surface area contributed by atoms with Gasteiger partial charge in [0.05, 0.1) is 28.4 Å². The number of hydrogen-bond acceptors (Lipinski definition) is 5. The Morgan fingerprint density at radius 2 is 1.44 bits per heavy atom. The summed E-state index contributed by atoms with van der Waals surface area (Å²) in [6.07, 6.45) is 0. The maximum atomic E-state index is 7.67. The van der Waals surface area contributed by atoms with E-state index < -0.39 is 0 Å². The lowest BCUT2D eigenvalue weighted by Crippen LogP contribution is -2.07. The van der Waals surface area contributed by atoms with Crippen molar-refractivity contribution in [2.24, 2.45) is 0 Å². The van der Waals surface area contributed by atoms with Gasteiger partial charge in [0.15, 0.2) is 0 Å². The van der Waals surface area contributed by atoms with E-state index in [0.29, 0.717) is 22.8 Å². The highest BCUT2D eigenvalue weighted by Gasteiger charge is 2.17. The zero-order valence-corrected chi connectivity index (χ0v) is 9.79. The standard InChI is InChI=1S/C11H15NO4/c1-13-7-5-8(14-2)10(11(12)16-4)9(6-7)15-3/h5-6,12H,1-4H3. The Kier molecular flexibility index (Phi) is 3.99. The molecule has 1 N–H and O–H groups in total. The SMILES string of the molecule is COC(=N)c1c(OC)cc(OC)cc1OC. The summed E-state index contributed by atoms with van der Waals surface area (Å²) in [5, 5.41) is 7.67. The van der Waals surface area contributed by atoms with Crippen LogP contribution in [0, 0.1) is 5.41 Å². The van der Waals surface area contributed by atoms with E-state index in [1.807, 2.05) is 0 Å². The van der Waals surface area contributed by atoms with Crippen molar-refractivity contribution in [2.75, 3.05) is 28.4 Å². The lowest BCUT2D eigenvalue weighted by atomic mass is 10.1. The summed E-state index contributed by atoms with van der Waals surface area (Å²) < 4.78 is 20.3. The van der Waals surface area contributed by atoms with Crippen molar-refractivity contribution in [3.8, 4) is 17.2 Å². The molecule has 0 aliphatic carbocycles. The highest BCUT2D eigenvalue weighted by molar-refractivity contribution is 5.97. The molecule has 0 saturated carbocycles. The van der Waals surface area contributed by atoms with Gasteiger partial charge in [-0.15, -0.1) is 0 Å². The van der Waals surface area contributed by atoms with E-state index in [0.717, 1.165) is 0 Å². The van der Waals surface area contributed by atoms with Crippen LogP contribution < -0.4 is 14.2 Å². The number of nitrogens with one attached hydrogen (secondary N) is 1. The fourth-order valence-corrected chi connectivity index (χ4v) is 1.33. The summed E-state index contributed by atoms with van der Waals surface area (Å²) in [5.41, 5.74) is 0.466. The summed E-state index contributed by atoms with van der Waals surface area (Å²) in [6, 6.07) is 3.34. The molecule has 0 aliphatic rings. The largest absolute Gasteiger partial charge is 0.496 e. The first-order chi connectivity index (χ1) is 7.67. The molecule has 1 aromatic carbocycles. The van der Waals surface area contributed by atoms with Crippen LogP contribution in [0.4, 0.5) is 0 Å². The van der Waals surface area contributed by atoms with Gasteiger partial charge in [-0.3, -0.25) is 5.41 Å². The summed E-state index contributed by atoms with van der Waals surface area (Å²) in [5.74, 6) is 1.53. The molecule has 5 nitrogen and oxygen atoms in total. The lowest BCUT2D eigenvalue weighted by Gasteiger charge is -2.14. The van der Waals surface area contributed by atoms with Gasteiger partial charge in [0.25, 0.3) is 0 Å². The molecule has 0 fully saturated rings. The van der Waals surface area contributed by atoms with E-state index in [4.69, 9.17) is 24.4 Å². The Labute approximate surface area is 94.4 Å². The topological polar surface area (TPSA) is 60.8 Å². The van der Waals surface area contributed by atoms with Gasteiger partial charge >= 0.3 is 0 Å². The zero-order chi connectivity index (χ0) is 12.1. The monoisotopic (exact) mass is 225 g/mol. The van der Waals surface area contributed by atoms with Crippen molar-refractivity contribution >= 4 is 5.90 Å². The fraction of sp³-hybridized carbons (Fsp3) is 0.364. The molecule has 5 heteroatoms. The Balaban J connectivity index is 3.37. The molecule has 0 aromatic heterocycles. The molecule has 0 spiro atoms. The molecule has 0 amide bonds. The lowest BCUT2D eigenvalue weighted by molar-refractivity contribution is 0.362. The van der Waals surface area contributed by atoms with Crippen molar-refractivity contribution in [1.82, 2.24) is 0 Å². The summed E-state index contributed by atoms with van der Waals surface area (Å²) >= 11 is 0. The van der Waals surface area contributed by atoms with E-state index in [-0.39, 0.29) is 5.90 Å². The molecule has 0 heterocycles. The second-order valence-electron chi connectivity index (χ2n) is 2.94. The van der Waals surface area contributed by atoms with Crippen molar-refractivity contribution in [3.63, 3.8) is 0 Å². The first-order valence-electron chi connectivity index (χ1n) is 4.60. The Hall–Kier alpha value is -1.91. The molecule has 0 aliphatic heterocycles. The average Bonchev–Trinajstić information content (AvgIpc) is 2.35. The van der Waals surface area contributed by atoms with E-state index in [1.165, 1.54) is 21.3 Å². The molecule has 0 unspecified atom stereocenters. The number of methoxy groups -OCH3 is 4. The maximum Gasteiger partial charge on any atom is 0.220 e. The molecule has 16 heavy (non-hydrogen) atoms. The molecule has 0 atom stereocenters. The van der Waals surface area contributed by atoms with Crippen molar-refractivity contribution in [1.29, 1.82) is 5.41 Å². The fourth-order valence-electron chi connectivity index (χ4n) is 1.33. The molecule has 0 bridgehead atoms. The van der Waals surface area contributed by atoms with Crippen molar-refractivity contribution < 1.29 is 18.9 Å². The first-order valence-corrected chi connectivity index (χ1v) is 4.60. The normalized spacial score (nSPS) is 9.50. The van der Waals surface area contributed by atoms with Crippen LogP contribution in [0.15, 0.2) is 12.1 Å². The molecule has 0 saturated heterocycles. The van der Waals surface area contributed by atoms with Crippen LogP contribution >= 0.6 is 0 Å². The zero-order valence-electron chi connectivity index (χ0n) is 9.79. The molecular weight excluding hydrogens is 210 g/mol. The number of rotatable bonds is 4. The van der Waals surface area contributed by atoms with Crippen LogP contribution in [0.5, 0.6) is 17.2 Å². The molecule has 1 rings (SSSR count). The molecular formula is C11H15NO4. The van der Waals surface area contributed by atoms with Crippen LogP contribution in [0.1, 0.15) is 5.56 Å². The first kappa shape index (κ1) is 12.2. The Morgan fingerprint density at radius 1 is 0.938 bits per heavy atom. The second kappa shape index (κ2) is 5.25. The summed E-state index contributed by atoms with van der Waals surface area (Å²) in [4.78, 5) is 0. The van der Waals surface area contributed by atoms with Crippen molar-refractivity contribution in [2.45, 2.75) is 0 Å². The van der Waals surface area contributed by atoms with Gasteiger partial charge in [0, 0.05) is 12.1 Å². The maximum absolute atomic E-state index is 7.67. The predicted octanol–water partition coefficient (Wildman–Crippen LogP) is 1.68. The molecule has 0 radical (unpaired) electrons. The third-order valence-electron chi connectivity index (χ3n) is 2.15. The van der Waals surface area contributed by atoms with E-state index in [2.05, 4.69) is 0 Å². The number of benzene rings is 1. The highest BCUT2D eigenvalue weighted by atomic mass is 16.5. The van der Waals surface area contributed by atoms with E-state index >= 15 is 0 Å². The van der Waals surface area contributed by atoms with Gasteiger partial charge in [-0.2, -0.15) is 0 Å². The number of hydrogen-bond donors (Lipinski definition) is 1.